The van der Waals surface area contributed by atoms with Crippen molar-refractivity contribution in [2.75, 3.05) is 12.4 Å². The molecule has 1 atom stereocenters. The first-order valence-electron chi connectivity index (χ1n) is 6.28. The van der Waals surface area contributed by atoms with Gasteiger partial charge in [-0.1, -0.05) is 44.0 Å². The van der Waals surface area contributed by atoms with Crippen LogP contribution in [0.4, 0.5) is 4.39 Å². The fourth-order valence-electron chi connectivity index (χ4n) is 2.19. The van der Waals surface area contributed by atoms with E-state index in [2.05, 4.69) is 31.9 Å². The van der Waals surface area contributed by atoms with E-state index in [0.29, 0.717) is 0 Å². The Morgan fingerprint density at radius 2 is 2.00 bits per heavy atom. The van der Waals surface area contributed by atoms with E-state index in [4.69, 9.17) is 4.74 Å². The summed E-state index contributed by atoms with van der Waals surface area (Å²) in [6, 6.07) is 12.7. The Balaban J connectivity index is 2.28. The normalized spacial score (nSPS) is 12.2. The number of hydrogen-bond donors (Lipinski definition) is 0. The summed E-state index contributed by atoms with van der Waals surface area (Å²) < 4.78 is 19.8. The maximum Gasteiger partial charge on any atom is 0.123 e. The van der Waals surface area contributed by atoms with Crippen molar-refractivity contribution in [3.05, 3.63) is 63.9 Å². The standard InChI is InChI=1S/C16H15Br2FO/c1-20-16-6-5-14(18)8-12(16)7-13(10-17)11-3-2-4-15(19)9-11/h2-6,8-9,13H,7,10H2,1H3. The van der Waals surface area contributed by atoms with Gasteiger partial charge in [-0.3, -0.25) is 0 Å². The lowest BCUT2D eigenvalue weighted by atomic mass is 9.93. The van der Waals surface area contributed by atoms with Gasteiger partial charge in [-0.15, -0.1) is 0 Å². The molecule has 1 nitrogen and oxygen atoms in total. The van der Waals surface area contributed by atoms with Crippen LogP contribution in [-0.2, 0) is 6.42 Å². The van der Waals surface area contributed by atoms with Crippen LogP contribution in [0, 0.1) is 5.82 Å². The second-order valence-corrected chi connectivity index (χ2v) is 6.13. The molecule has 1 unspecified atom stereocenters. The average Bonchev–Trinajstić information content (AvgIpc) is 2.45. The minimum absolute atomic E-state index is 0.199. The highest BCUT2D eigenvalue weighted by atomic mass is 79.9. The van der Waals surface area contributed by atoms with Crippen molar-refractivity contribution in [3.63, 3.8) is 0 Å². The number of methoxy groups -OCH3 is 1. The summed E-state index contributed by atoms with van der Waals surface area (Å²) in [4.78, 5) is 0. The van der Waals surface area contributed by atoms with E-state index in [0.717, 1.165) is 33.1 Å². The summed E-state index contributed by atoms with van der Waals surface area (Å²) in [5.41, 5.74) is 2.10. The summed E-state index contributed by atoms with van der Waals surface area (Å²) in [5.74, 6) is 0.860. The molecule has 0 aliphatic rings. The number of halogens is 3. The van der Waals surface area contributed by atoms with Crippen LogP contribution in [0.25, 0.3) is 0 Å². The molecule has 20 heavy (non-hydrogen) atoms. The maximum atomic E-state index is 13.4. The van der Waals surface area contributed by atoms with Gasteiger partial charge in [0.1, 0.15) is 11.6 Å². The zero-order valence-electron chi connectivity index (χ0n) is 11.1. The highest BCUT2D eigenvalue weighted by Crippen LogP contribution is 2.30. The third kappa shape index (κ3) is 3.83. The summed E-state index contributed by atoms with van der Waals surface area (Å²) in [6.07, 6.45) is 0.789. The summed E-state index contributed by atoms with van der Waals surface area (Å²) in [6.45, 7) is 0. The Hall–Kier alpha value is -0.870. The lowest BCUT2D eigenvalue weighted by molar-refractivity contribution is 0.408. The number of rotatable bonds is 5. The van der Waals surface area contributed by atoms with Crippen LogP contribution in [0.15, 0.2) is 46.9 Å². The first-order valence-corrected chi connectivity index (χ1v) is 8.19. The number of ether oxygens (including phenoxy) is 1. The quantitative estimate of drug-likeness (QED) is 0.616. The van der Waals surface area contributed by atoms with Crippen LogP contribution in [-0.4, -0.2) is 12.4 Å². The molecule has 0 aromatic heterocycles. The van der Waals surface area contributed by atoms with E-state index in [9.17, 15) is 4.39 Å². The first kappa shape index (κ1) is 15.5. The summed E-state index contributed by atoms with van der Waals surface area (Å²) >= 11 is 7.00. The molecule has 106 valence electrons. The minimum Gasteiger partial charge on any atom is -0.496 e. The van der Waals surface area contributed by atoms with Crippen molar-refractivity contribution >= 4 is 31.9 Å². The molecule has 0 radical (unpaired) electrons. The smallest absolute Gasteiger partial charge is 0.123 e. The molecule has 0 aliphatic heterocycles. The largest absolute Gasteiger partial charge is 0.496 e. The van der Waals surface area contributed by atoms with E-state index in [-0.39, 0.29) is 11.7 Å². The lowest BCUT2D eigenvalue weighted by Gasteiger charge is -2.17. The second-order valence-electron chi connectivity index (χ2n) is 4.57. The Kier molecular flexibility index (Phi) is 5.61. The monoisotopic (exact) mass is 400 g/mol. The number of hydrogen-bond acceptors (Lipinski definition) is 1. The highest BCUT2D eigenvalue weighted by Gasteiger charge is 2.15. The van der Waals surface area contributed by atoms with Gasteiger partial charge in [0.25, 0.3) is 0 Å². The third-order valence-electron chi connectivity index (χ3n) is 3.22. The van der Waals surface area contributed by atoms with Crippen molar-refractivity contribution in [1.82, 2.24) is 0 Å². The van der Waals surface area contributed by atoms with Crippen molar-refractivity contribution in [1.29, 1.82) is 0 Å². The summed E-state index contributed by atoms with van der Waals surface area (Å²) in [5, 5.41) is 0.770. The molecule has 2 aromatic rings. The van der Waals surface area contributed by atoms with Gasteiger partial charge >= 0.3 is 0 Å². The van der Waals surface area contributed by atoms with Gasteiger partial charge in [0.05, 0.1) is 7.11 Å². The average molecular weight is 402 g/mol. The van der Waals surface area contributed by atoms with Crippen LogP contribution < -0.4 is 4.74 Å². The molecular formula is C16H15Br2FO. The van der Waals surface area contributed by atoms with Gasteiger partial charge in [0, 0.05) is 9.80 Å². The van der Waals surface area contributed by atoms with Gasteiger partial charge in [-0.2, -0.15) is 0 Å². The molecule has 4 heteroatoms. The molecule has 0 amide bonds. The summed E-state index contributed by atoms with van der Waals surface area (Å²) in [7, 11) is 1.66. The zero-order valence-corrected chi connectivity index (χ0v) is 14.2. The molecule has 2 aromatic carbocycles. The predicted molar refractivity (Wildman–Crippen MR) is 87.3 cm³/mol. The van der Waals surface area contributed by atoms with E-state index in [1.54, 1.807) is 19.2 Å². The molecule has 0 fully saturated rings. The SMILES string of the molecule is COc1ccc(Br)cc1CC(CBr)c1cccc(F)c1. The van der Waals surface area contributed by atoms with Crippen LogP contribution in [0.2, 0.25) is 0 Å². The predicted octanol–water partition coefficient (Wildman–Crippen LogP) is 5.32. The molecule has 0 heterocycles. The van der Waals surface area contributed by atoms with E-state index >= 15 is 0 Å². The Morgan fingerprint density at radius 3 is 2.65 bits per heavy atom. The van der Waals surface area contributed by atoms with Gasteiger partial charge in [-0.25, -0.2) is 4.39 Å². The van der Waals surface area contributed by atoms with Crippen molar-refractivity contribution < 1.29 is 9.13 Å². The van der Waals surface area contributed by atoms with Crippen LogP contribution >= 0.6 is 31.9 Å². The van der Waals surface area contributed by atoms with Gasteiger partial charge in [0.2, 0.25) is 0 Å². The van der Waals surface area contributed by atoms with Crippen molar-refractivity contribution in [3.8, 4) is 5.75 Å². The van der Waals surface area contributed by atoms with E-state index in [1.807, 2.05) is 24.3 Å². The Bertz CT molecular complexity index is 586. The topological polar surface area (TPSA) is 9.23 Å². The Morgan fingerprint density at radius 1 is 1.20 bits per heavy atom. The molecule has 0 spiro atoms. The molecule has 0 saturated heterocycles. The molecule has 0 aliphatic carbocycles. The fraction of sp³-hybridized carbons (Fsp3) is 0.250. The van der Waals surface area contributed by atoms with Gasteiger partial charge in [0.15, 0.2) is 0 Å². The second kappa shape index (κ2) is 7.23. The Labute approximate surface area is 135 Å². The third-order valence-corrected chi connectivity index (χ3v) is 4.49. The molecule has 0 saturated carbocycles. The minimum atomic E-state index is -0.199. The van der Waals surface area contributed by atoms with Gasteiger partial charge < -0.3 is 4.74 Å². The van der Waals surface area contributed by atoms with Crippen LogP contribution in [0.1, 0.15) is 17.0 Å². The fourth-order valence-corrected chi connectivity index (χ4v) is 3.21. The first-order chi connectivity index (χ1) is 9.63. The van der Waals surface area contributed by atoms with Crippen molar-refractivity contribution in [2.45, 2.75) is 12.3 Å². The zero-order chi connectivity index (χ0) is 14.5. The molecule has 0 N–H and O–H groups in total. The van der Waals surface area contributed by atoms with E-state index in [1.165, 1.54) is 6.07 Å². The lowest BCUT2D eigenvalue weighted by Crippen LogP contribution is -2.06. The van der Waals surface area contributed by atoms with E-state index < -0.39 is 0 Å². The molecular weight excluding hydrogens is 387 g/mol. The van der Waals surface area contributed by atoms with Crippen molar-refractivity contribution in [2.24, 2.45) is 0 Å². The van der Waals surface area contributed by atoms with Gasteiger partial charge in [-0.05, 0) is 53.8 Å². The number of alkyl halides is 1. The van der Waals surface area contributed by atoms with Crippen LogP contribution in [0.3, 0.4) is 0 Å². The maximum absolute atomic E-state index is 13.4. The number of benzene rings is 2. The molecule has 0 bridgehead atoms. The van der Waals surface area contributed by atoms with Crippen LogP contribution in [0.5, 0.6) is 5.75 Å². The highest BCUT2D eigenvalue weighted by molar-refractivity contribution is 9.10. The molecule has 2 rings (SSSR count).